The van der Waals surface area contributed by atoms with E-state index >= 15 is 0 Å². The van der Waals surface area contributed by atoms with Crippen LogP contribution in [0.3, 0.4) is 0 Å². The highest BCUT2D eigenvalue weighted by Crippen LogP contribution is 2.30. The fourth-order valence-electron chi connectivity index (χ4n) is 4.51. The minimum absolute atomic E-state index is 0.0120. The summed E-state index contributed by atoms with van der Waals surface area (Å²) in [5, 5.41) is 22.3. The fraction of sp³-hybridized carbons (Fsp3) is 0.682. The zero-order chi connectivity index (χ0) is 22.5. The molecule has 0 unspecified atom stereocenters. The van der Waals surface area contributed by atoms with Crippen molar-refractivity contribution in [2.75, 3.05) is 53.0 Å². The van der Waals surface area contributed by atoms with Crippen LogP contribution in [0.2, 0.25) is 0 Å². The van der Waals surface area contributed by atoms with Gasteiger partial charge in [-0.2, -0.15) is 0 Å². The average Bonchev–Trinajstić information content (AvgIpc) is 2.85. The molecule has 31 heavy (non-hydrogen) atoms. The quantitative estimate of drug-likeness (QED) is 0.667. The van der Waals surface area contributed by atoms with Crippen molar-refractivity contribution in [3.63, 3.8) is 0 Å². The minimum Gasteiger partial charge on any atom is -0.490 e. The topological polar surface area (TPSA) is 82.5 Å². The van der Waals surface area contributed by atoms with E-state index in [0.29, 0.717) is 32.5 Å². The molecule has 174 valence electrons. The largest absolute Gasteiger partial charge is 0.490 e. The monoisotopic (exact) mass is 442 g/mol. The molecule has 1 aliphatic carbocycles. The number of hydrogen-bond donors (Lipinski definition) is 2. The normalized spacial score (nSPS) is 24.6. The lowest BCUT2D eigenvalue weighted by Gasteiger charge is -2.38. The molecule has 0 radical (unpaired) electrons. The number of ether oxygens (including phenoxy) is 2. The summed E-state index contributed by atoms with van der Waals surface area (Å²) < 4.78 is 37.4. The Kier molecular flexibility index (Phi) is 7.85. The number of methoxy groups -OCH3 is 1. The Morgan fingerprint density at radius 1 is 1.03 bits per heavy atom. The van der Waals surface area contributed by atoms with E-state index in [1.54, 1.807) is 0 Å². The summed E-state index contributed by atoms with van der Waals surface area (Å²) in [6, 6.07) is 2.82. The number of β-amino-alcohol motifs (C(OH)–C–C–N with tert-alkyl or cyclic N) is 2. The molecule has 7 nitrogen and oxygen atoms in total. The third-order valence-corrected chi connectivity index (χ3v) is 5.96. The molecule has 2 fully saturated rings. The van der Waals surface area contributed by atoms with Gasteiger partial charge in [-0.1, -0.05) is 19.3 Å². The number of rotatable bonds is 7. The van der Waals surface area contributed by atoms with Crippen LogP contribution in [0.4, 0.5) is 8.78 Å². The smallest absolute Gasteiger partial charge is 0.248 e. The van der Waals surface area contributed by atoms with Crippen molar-refractivity contribution in [3.8, 4) is 5.75 Å². The standard InChI is InChI=1S/C22H32F2N2O5/c1-30-12-20(27)26-8-7-25(13-21(28)5-3-2-4-6-21)14-22(29,15-26)16-31-19-10-17(23)9-18(24)11-19/h9-11,28-29H,2-8,12-16H2,1H3/t22-/m0/s1. The Balaban J connectivity index is 1.74. The SMILES string of the molecule is COCC(=O)N1CCN(CC2(O)CCCCC2)C[C@@](O)(COc2cc(F)cc(F)c2)C1. The maximum atomic E-state index is 13.5. The van der Waals surface area contributed by atoms with Crippen molar-refractivity contribution in [1.82, 2.24) is 9.80 Å². The first-order valence-electron chi connectivity index (χ1n) is 10.7. The molecule has 0 aromatic heterocycles. The van der Waals surface area contributed by atoms with Gasteiger partial charge in [0.2, 0.25) is 5.91 Å². The van der Waals surface area contributed by atoms with Gasteiger partial charge < -0.3 is 24.6 Å². The summed E-state index contributed by atoms with van der Waals surface area (Å²) in [7, 11) is 1.43. The molecule has 1 saturated heterocycles. The van der Waals surface area contributed by atoms with Crippen molar-refractivity contribution in [2.24, 2.45) is 0 Å². The minimum atomic E-state index is -1.49. The van der Waals surface area contributed by atoms with Crippen molar-refractivity contribution in [2.45, 2.75) is 43.3 Å². The molecular weight excluding hydrogens is 410 g/mol. The fourth-order valence-corrected chi connectivity index (χ4v) is 4.51. The van der Waals surface area contributed by atoms with Crippen molar-refractivity contribution in [1.29, 1.82) is 0 Å². The van der Waals surface area contributed by atoms with E-state index in [1.807, 2.05) is 4.90 Å². The number of halogens is 2. The van der Waals surface area contributed by atoms with E-state index < -0.39 is 22.8 Å². The molecule has 2 N–H and O–H groups in total. The molecule has 0 spiro atoms. The molecule has 1 aliphatic heterocycles. The van der Waals surface area contributed by atoms with Crippen LogP contribution < -0.4 is 4.74 Å². The molecule has 1 atom stereocenters. The zero-order valence-corrected chi connectivity index (χ0v) is 18.0. The first-order valence-corrected chi connectivity index (χ1v) is 10.7. The number of nitrogens with zero attached hydrogens (tertiary/aromatic N) is 2. The first kappa shape index (κ1) is 23.8. The van der Waals surface area contributed by atoms with Crippen LogP contribution in [0.15, 0.2) is 18.2 Å². The highest BCUT2D eigenvalue weighted by atomic mass is 19.1. The molecule has 3 rings (SSSR count). The lowest BCUT2D eigenvalue weighted by atomic mass is 9.84. The van der Waals surface area contributed by atoms with Gasteiger partial charge in [-0.05, 0) is 12.8 Å². The average molecular weight is 443 g/mol. The number of amides is 1. The molecule has 1 aromatic rings. The molecule has 1 saturated carbocycles. The third-order valence-electron chi connectivity index (χ3n) is 5.96. The lowest BCUT2D eigenvalue weighted by Crippen LogP contribution is -2.54. The molecular formula is C22H32F2N2O5. The summed E-state index contributed by atoms with van der Waals surface area (Å²) >= 11 is 0. The highest BCUT2D eigenvalue weighted by molar-refractivity contribution is 5.77. The second kappa shape index (κ2) is 10.2. The van der Waals surface area contributed by atoms with Crippen molar-refractivity contribution in [3.05, 3.63) is 29.8 Å². The Hall–Kier alpha value is -1.81. The van der Waals surface area contributed by atoms with Gasteiger partial charge in [0.05, 0.1) is 12.1 Å². The predicted octanol–water partition coefficient (Wildman–Crippen LogP) is 1.56. The van der Waals surface area contributed by atoms with Crippen LogP contribution in [0.25, 0.3) is 0 Å². The number of benzene rings is 1. The van der Waals surface area contributed by atoms with Crippen LogP contribution in [-0.2, 0) is 9.53 Å². The molecule has 1 heterocycles. The van der Waals surface area contributed by atoms with E-state index in [0.717, 1.165) is 37.5 Å². The van der Waals surface area contributed by atoms with Crippen LogP contribution in [0, 0.1) is 11.6 Å². The van der Waals surface area contributed by atoms with Crippen LogP contribution >= 0.6 is 0 Å². The third kappa shape index (κ3) is 6.83. The van der Waals surface area contributed by atoms with Gasteiger partial charge in [-0.25, -0.2) is 8.78 Å². The van der Waals surface area contributed by atoms with Gasteiger partial charge in [0, 0.05) is 51.5 Å². The van der Waals surface area contributed by atoms with Gasteiger partial charge in [0.1, 0.15) is 36.2 Å². The van der Waals surface area contributed by atoms with Crippen LogP contribution in [0.1, 0.15) is 32.1 Å². The second-order valence-electron chi connectivity index (χ2n) is 8.86. The molecule has 1 aromatic carbocycles. The first-order chi connectivity index (χ1) is 14.7. The molecule has 2 aliphatic rings. The Morgan fingerprint density at radius 3 is 2.35 bits per heavy atom. The maximum Gasteiger partial charge on any atom is 0.248 e. The Bertz CT molecular complexity index is 739. The van der Waals surface area contributed by atoms with Gasteiger partial charge in [0.25, 0.3) is 0 Å². The lowest BCUT2D eigenvalue weighted by molar-refractivity contribution is -0.138. The Labute approximate surface area is 181 Å². The van der Waals surface area contributed by atoms with Crippen molar-refractivity contribution < 1.29 is 33.3 Å². The highest BCUT2D eigenvalue weighted by Gasteiger charge is 2.40. The molecule has 1 amide bonds. The van der Waals surface area contributed by atoms with Gasteiger partial charge >= 0.3 is 0 Å². The van der Waals surface area contributed by atoms with E-state index in [1.165, 1.54) is 12.0 Å². The summed E-state index contributed by atoms with van der Waals surface area (Å²) in [5.41, 5.74) is -2.31. The Morgan fingerprint density at radius 2 is 1.71 bits per heavy atom. The summed E-state index contributed by atoms with van der Waals surface area (Å²) in [4.78, 5) is 15.9. The summed E-state index contributed by atoms with van der Waals surface area (Å²) in [5.74, 6) is -1.86. The number of carbonyl (C=O) groups excluding carboxylic acids is 1. The van der Waals surface area contributed by atoms with E-state index in [4.69, 9.17) is 9.47 Å². The van der Waals surface area contributed by atoms with Crippen molar-refractivity contribution >= 4 is 5.91 Å². The predicted molar refractivity (Wildman–Crippen MR) is 110 cm³/mol. The zero-order valence-electron chi connectivity index (χ0n) is 18.0. The summed E-state index contributed by atoms with van der Waals surface area (Å²) in [6.07, 6.45) is 4.42. The molecule has 0 bridgehead atoms. The number of aliphatic hydroxyl groups is 2. The van der Waals surface area contributed by atoms with Gasteiger partial charge in [0.15, 0.2) is 0 Å². The van der Waals surface area contributed by atoms with E-state index in [2.05, 4.69) is 0 Å². The number of carbonyl (C=O) groups is 1. The number of hydrogen-bond acceptors (Lipinski definition) is 6. The van der Waals surface area contributed by atoms with Crippen LogP contribution in [-0.4, -0.2) is 90.2 Å². The van der Waals surface area contributed by atoms with E-state index in [-0.39, 0.29) is 38.0 Å². The maximum absolute atomic E-state index is 13.5. The van der Waals surface area contributed by atoms with Crippen LogP contribution in [0.5, 0.6) is 5.75 Å². The van der Waals surface area contributed by atoms with Gasteiger partial charge in [-0.15, -0.1) is 0 Å². The second-order valence-corrected chi connectivity index (χ2v) is 8.86. The van der Waals surface area contributed by atoms with E-state index in [9.17, 15) is 23.8 Å². The summed E-state index contributed by atoms with van der Waals surface area (Å²) in [6.45, 7) is 1.00. The molecule has 9 heteroatoms. The van der Waals surface area contributed by atoms with Gasteiger partial charge in [-0.3, -0.25) is 9.69 Å².